The highest BCUT2D eigenvalue weighted by molar-refractivity contribution is 5.74. The van der Waals surface area contributed by atoms with Gasteiger partial charge in [-0.25, -0.2) is 9.97 Å². The molecule has 6 nitrogen and oxygen atoms in total. The molecule has 124 valence electrons. The summed E-state index contributed by atoms with van der Waals surface area (Å²) in [5.74, 6) is -0.351. The van der Waals surface area contributed by atoms with Crippen LogP contribution in [0.15, 0.2) is 36.5 Å². The third-order valence-corrected chi connectivity index (χ3v) is 3.38. The van der Waals surface area contributed by atoms with E-state index in [1.165, 1.54) is 33.6 Å². The van der Waals surface area contributed by atoms with Crippen LogP contribution in [-0.2, 0) is 0 Å². The highest BCUT2D eigenvalue weighted by atomic mass is 19.1. The van der Waals surface area contributed by atoms with Gasteiger partial charge in [-0.15, -0.1) is 0 Å². The summed E-state index contributed by atoms with van der Waals surface area (Å²) >= 11 is 0. The second kappa shape index (κ2) is 6.57. The standard InChI is InChI=1S/C17H15FN2O4/c1-21-13-8-12(15(18)17(23-3)16(13)22-2)24-14-9-19-10-6-4-5-7-11(10)20-14/h4-9H,1-3H3. The maximum absolute atomic E-state index is 14.6. The van der Waals surface area contributed by atoms with E-state index in [1.807, 2.05) is 18.2 Å². The first-order valence-corrected chi connectivity index (χ1v) is 7.06. The van der Waals surface area contributed by atoms with Crippen molar-refractivity contribution < 1.29 is 23.3 Å². The molecule has 3 aromatic rings. The van der Waals surface area contributed by atoms with E-state index < -0.39 is 5.82 Å². The molecule has 0 saturated heterocycles. The highest BCUT2D eigenvalue weighted by Gasteiger charge is 2.22. The predicted molar refractivity (Wildman–Crippen MR) is 85.7 cm³/mol. The van der Waals surface area contributed by atoms with Crippen LogP contribution in [0.25, 0.3) is 11.0 Å². The Bertz CT molecular complexity index is 886. The van der Waals surface area contributed by atoms with Crippen molar-refractivity contribution in [2.75, 3.05) is 21.3 Å². The van der Waals surface area contributed by atoms with Crippen LogP contribution >= 0.6 is 0 Å². The van der Waals surface area contributed by atoms with Crippen molar-refractivity contribution in [2.45, 2.75) is 0 Å². The fourth-order valence-electron chi connectivity index (χ4n) is 2.27. The Morgan fingerprint density at radius 3 is 2.25 bits per heavy atom. The van der Waals surface area contributed by atoms with Crippen molar-refractivity contribution >= 4 is 11.0 Å². The van der Waals surface area contributed by atoms with E-state index in [2.05, 4.69) is 9.97 Å². The van der Waals surface area contributed by atoms with Gasteiger partial charge in [0.05, 0.1) is 38.6 Å². The summed E-state index contributed by atoms with van der Waals surface area (Å²) in [7, 11) is 4.17. The molecule has 7 heteroatoms. The van der Waals surface area contributed by atoms with Gasteiger partial charge in [-0.05, 0) is 12.1 Å². The van der Waals surface area contributed by atoms with Crippen LogP contribution in [0.4, 0.5) is 4.39 Å². The third kappa shape index (κ3) is 2.76. The molecule has 24 heavy (non-hydrogen) atoms. The van der Waals surface area contributed by atoms with Gasteiger partial charge in [0.15, 0.2) is 11.5 Å². The minimum atomic E-state index is -0.717. The number of hydrogen-bond acceptors (Lipinski definition) is 6. The minimum absolute atomic E-state index is 0.103. The fraction of sp³-hybridized carbons (Fsp3) is 0.176. The van der Waals surface area contributed by atoms with Crippen molar-refractivity contribution in [1.82, 2.24) is 9.97 Å². The van der Waals surface area contributed by atoms with Gasteiger partial charge >= 0.3 is 0 Å². The molecule has 0 N–H and O–H groups in total. The minimum Gasteiger partial charge on any atom is -0.493 e. The molecular formula is C17H15FN2O4. The largest absolute Gasteiger partial charge is 0.493 e. The molecular weight excluding hydrogens is 315 g/mol. The van der Waals surface area contributed by atoms with Crippen LogP contribution in [0.2, 0.25) is 0 Å². The molecule has 0 radical (unpaired) electrons. The highest BCUT2D eigenvalue weighted by Crippen LogP contribution is 2.44. The first-order chi connectivity index (χ1) is 11.7. The number of benzene rings is 2. The lowest BCUT2D eigenvalue weighted by Crippen LogP contribution is -2.00. The maximum atomic E-state index is 14.6. The summed E-state index contributed by atoms with van der Waals surface area (Å²) in [5, 5.41) is 0. The summed E-state index contributed by atoms with van der Waals surface area (Å²) < 4.78 is 35.5. The summed E-state index contributed by atoms with van der Waals surface area (Å²) in [6.07, 6.45) is 1.42. The normalized spacial score (nSPS) is 10.5. The van der Waals surface area contributed by atoms with E-state index in [1.54, 1.807) is 6.07 Å². The topological polar surface area (TPSA) is 62.7 Å². The molecule has 0 saturated carbocycles. The molecule has 0 aliphatic carbocycles. The average molecular weight is 330 g/mol. The molecule has 0 bridgehead atoms. The lowest BCUT2D eigenvalue weighted by molar-refractivity contribution is 0.303. The second-order valence-corrected chi connectivity index (χ2v) is 4.76. The lowest BCUT2D eigenvalue weighted by atomic mass is 10.2. The molecule has 0 atom stereocenters. The van der Waals surface area contributed by atoms with Crippen molar-refractivity contribution in [3.05, 3.63) is 42.3 Å². The lowest BCUT2D eigenvalue weighted by Gasteiger charge is -2.15. The Hall–Kier alpha value is -3.09. The van der Waals surface area contributed by atoms with E-state index in [9.17, 15) is 4.39 Å². The first-order valence-electron chi connectivity index (χ1n) is 7.06. The van der Waals surface area contributed by atoms with E-state index in [4.69, 9.17) is 18.9 Å². The van der Waals surface area contributed by atoms with Crippen molar-refractivity contribution in [2.24, 2.45) is 0 Å². The number of rotatable bonds is 5. The Morgan fingerprint density at radius 1 is 0.875 bits per heavy atom. The number of halogens is 1. The van der Waals surface area contributed by atoms with Gasteiger partial charge in [0, 0.05) is 6.07 Å². The number of methoxy groups -OCH3 is 3. The van der Waals surface area contributed by atoms with Crippen LogP contribution in [-0.4, -0.2) is 31.3 Å². The molecule has 1 aromatic heterocycles. The smallest absolute Gasteiger partial charge is 0.238 e. The number of aromatic nitrogens is 2. The number of para-hydroxylation sites is 2. The summed E-state index contributed by atoms with van der Waals surface area (Å²) in [5.41, 5.74) is 1.36. The van der Waals surface area contributed by atoms with E-state index in [-0.39, 0.29) is 28.9 Å². The first kappa shape index (κ1) is 15.8. The third-order valence-electron chi connectivity index (χ3n) is 3.38. The maximum Gasteiger partial charge on any atom is 0.238 e. The molecule has 0 aliphatic rings. The van der Waals surface area contributed by atoms with Gasteiger partial charge in [0.1, 0.15) is 0 Å². The van der Waals surface area contributed by atoms with Gasteiger partial charge in [-0.3, -0.25) is 0 Å². The van der Waals surface area contributed by atoms with Crippen molar-refractivity contribution in [3.63, 3.8) is 0 Å². The second-order valence-electron chi connectivity index (χ2n) is 4.76. The SMILES string of the molecule is COc1cc(Oc2cnc3ccccc3n2)c(F)c(OC)c1OC. The van der Waals surface area contributed by atoms with Gasteiger partial charge in [-0.1, -0.05) is 12.1 Å². The van der Waals surface area contributed by atoms with Crippen LogP contribution in [0.1, 0.15) is 0 Å². The average Bonchev–Trinajstić information content (AvgIpc) is 2.62. The molecule has 3 rings (SSSR count). The van der Waals surface area contributed by atoms with Gasteiger partial charge in [-0.2, -0.15) is 4.39 Å². The Labute approximate surface area is 137 Å². The molecule has 0 unspecified atom stereocenters. The number of fused-ring (bicyclic) bond motifs is 1. The molecule has 0 spiro atoms. The van der Waals surface area contributed by atoms with Crippen LogP contribution in [0.5, 0.6) is 28.9 Å². The zero-order valence-electron chi connectivity index (χ0n) is 13.4. The fourth-order valence-corrected chi connectivity index (χ4v) is 2.27. The van der Waals surface area contributed by atoms with E-state index in [0.717, 1.165) is 5.52 Å². The van der Waals surface area contributed by atoms with Crippen molar-refractivity contribution in [3.8, 4) is 28.9 Å². The zero-order chi connectivity index (χ0) is 17.1. The molecule has 2 aromatic carbocycles. The number of nitrogens with zero attached hydrogens (tertiary/aromatic N) is 2. The molecule has 0 fully saturated rings. The Kier molecular flexibility index (Phi) is 4.33. The molecule has 1 heterocycles. The van der Waals surface area contributed by atoms with Gasteiger partial charge < -0.3 is 18.9 Å². The number of hydrogen-bond donors (Lipinski definition) is 0. The van der Waals surface area contributed by atoms with Crippen LogP contribution in [0, 0.1) is 5.82 Å². The molecule has 0 amide bonds. The molecule has 0 aliphatic heterocycles. The Morgan fingerprint density at radius 2 is 1.58 bits per heavy atom. The van der Waals surface area contributed by atoms with Crippen molar-refractivity contribution in [1.29, 1.82) is 0 Å². The van der Waals surface area contributed by atoms with Crippen LogP contribution < -0.4 is 18.9 Å². The Balaban J connectivity index is 2.04. The quantitative estimate of drug-likeness (QED) is 0.712. The summed E-state index contributed by atoms with van der Waals surface area (Å²) in [4.78, 5) is 8.53. The number of ether oxygens (including phenoxy) is 4. The summed E-state index contributed by atoms with van der Waals surface area (Å²) in [6.45, 7) is 0. The predicted octanol–water partition coefficient (Wildman–Crippen LogP) is 3.59. The van der Waals surface area contributed by atoms with Gasteiger partial charge in [0.2, 0.25) is 23.2 Å². The zero-order valence-corrected chi connectivity index (χ0v) is 13.4. The van der Waals surface area contributed by atoms with Gasteiger partial charge in [0.25, 0.3) is 0 Å². The monoisotopic (exact) mass is 330 g/mol. The van der Waals surface area contributed by atoms with E-state index in [0.29, 0.717) is 5.52 Å². The summed E-state index contributed by atoms with van der Waals surface area (Å²) in [6, 6.07) is 8.68. The van der Waals surface area contributed by atoms with E-state index >= 15 is 0 Å². The van der Waals surface area contributed by atoms with Crippen LogP contribution in [0.3, 0.4) is 0 Å².